The Morgan fingerprint density at radius 2 is 1.89 bits per heavy atom. The van der Waals surface area contributed by atoms with Crippen LogP contribution in [0.25, 0.3) is 17.1 Å². The van der Waals surface area contributed by atoms with Gasteiger partial charge in [-0.1, -0.05) is 36.4 Å². The molecule has 4 aromatic rings. The minimum absolute atomic E-state index is 0.818. The number of furan rings is 1. The predicted molar refractivity (Wildman–Crippen MR) is 111 cm³/mol. The average Bonchev–Trinajstić information content (AvgIpc) is 3.46. The number of unbranched alkanes of at least 4 members (excludes halogenated alkanes) is 2. The Balaban J connectivity index is 1.43. The van der Waals surface area contributed by atoms with Gasteiger partial charge in [-0.15, -0.1) is 10.2 Å². The third-order valence-corrected chi connectivity index (χ3v) is 5.58. The van der Waals surface area contributed by atoms with Gasteiger partial charge in [-0.3, -0.25) is 9.25 Å². The number of aromatic nitrogens is 5. The van der Waals surface area contributed by atoms with E-state index in [4.69, 9.17) is 4.42 Å². The fraction of sp³-hybridized carbons (Fsp3) is 0.286. The van der Waals surface area contributed by atoms with E-state index in [1.807, 2.05) is 54.3 Å². The van der Waals surface area contributed by atoms with Crippen LogP contribution in [0, 0.1) is 6.92 Å². The summed E-state index contributed by atoms with van der Waals surface area (Å²) in [5.74, 6) is 2.67. The van der Waals surface area contributed by atoms with Crippen molar-refractivity contribution in [3.05, 3.63) is 66.9 Å². The van der Waals surface area contributed by atoms with Crippen LogP contribution in [0.3, 0.4) is 0 Å². The summed E-state index contributed by atoms with van der Waals surface area (Å²) in [6.45, 7) is 2.92. The topological polar surface area (TPSA) is 61.7 Å². The molecule has 0 amide bonds. The summed E-state index contributed by atoms with van der Waals surface area (Å²) in [6, 6.07) is 14.2. The van der Waals surface area contributed by atoms with Crippen LogP contribution in [-0.4, -0.2) is 30.3 Å². The van der Waals surface area contributed by atoms with Crippen LogP contribution in [0.5, 0.6) is 0 Å². The van der Waals surface area contributed by atoms with E-state index in [2.05, 4.69) is 32.0 Å². The number of benzene rings is 1. The second-order valence-electron chi connectivity index (χ2n) is 6.55. The molecule has 0 saturated carbocycles. The van der Waals surface area contributed by atoms with Gasteiger partial charge in [-0.2, -0.15) is 5.10 Å². The van der Waals surface area contributed by atoms with Gasteiger partial charge in [0.05, 0.1) is 11.8 Å². The molecule has 0 radical (unpaired) electrons. The third kappa shape index (κ3) is 4.20. The van der Waals surface area contributed by atoms with Crippen molar-refractivity contribution in [2.24, 2.45) is 0 Å². The van der Waals surface area contributed by atoms with Crippen LogP contribution in [0.15, 0.2) is 70.7 Å². The van der Waals surface area contributed by atoms with Crippen molar-refractivity contribution in [1.82, 2.24) is 24.5 Å². The molecular weight excluding hydrogens is 370 g/mol. The predicted octanol–water partition coefficient (Wildman–Crippen LogP) is 4.99. The quantitative estimate of drug-likeness (QED) is 0.296. The Morgan fingerprint density at radius 3 is 2.64 bits per heavy atom. The van der Waals surface area contributed by atoms with Crippen LogP contribution in [0.1, 0.15) is 25.0 Å². The molecule has 0 N–H and O–H groups in total. The SMILES string of the molecule is Cc1occc1-c1nnc(SCCCCCn2cccn2)n1-c1ccccc1. The lowest BCUT2D eigenvalue weighted by Crippen LogP contribution is -2.00. The lowest BCUT2D eigenvalue weighted by atomic mass is 10.2. The van der Waals surface area contributed by atoms with Crippen LogP contribution >= 0.6 is 11.8 Å². The largest absolute Gasteiger partial charge is 0.469 e. The smallest absolute Gasteiger partial charge is 0.196 e. The molecule has 0 spiro atoms. The normalized spacial score (nSPS) is 11.2. The highest BCUT2D eigenvalue weighted by Gasteiger charge is 2.18. The number of hydrogen-bond acceptors (Lipinski definition) is 5. The first-order valence-electron chi connectivity index (χ1n) is 9.48. The number of para-hydroxylation sites is 1. The molecule has 3 heterocycles. The first-order valence-corrected chi connectivity index (χ1v) is 10.5. The number of nitrogens with zero attached hydrogens (tertiary/aromatic N) is 5. The van der Waals surface area contributed by atoms with E-state index in [1.54, 1.807) is 18.0 Å². The second-order valence-corrected chi connectivity index (χ2v) is 7.61. The van der Waals surface area contributed by atoms with Gasteiger partial charge in [0.2, 0.25) is 0 Å². The Labute approximate surface area is 168 Å². The monoisotopic (exact) mass is 393 g/mol. The van der Waals surface area contributed by atoms with Gasteiger partial charge in [0.25, 0.3) is 0 Å². The molecule has 0 bridgehead atoms. The Kier molecular flexibility index (Phi) is 5.92. The molecule has 0 saturated heterocycles. The molecule has 0 atom stereocenters. The van der Waals surface area contributed by atoms with E-state index < -0.39 is 0 Å². The first-order chi connectivity index (χ1) is 13.8. The molecule has 3 aromatic heterocycles. The van der Waals surface area contributed by atoms with Gasteiger partial charge in [0, 0.05) is 30.4 Å². The van der Waals surface area contributed by atoms with E-state index in [1.165, 1.54) is 6.42 Å². The lowest BCUT2D eigenvalue weighted by molar-refractivity contribution is 0.535. The number of aryl methyl sites for hydroxylation is 2. The molecule has 0 aliphatic heterocycles. The van der Waals surface area contributed by atoms with Gasteiger partial charge in [0.15, 0.2) is 11.0 Å². The Hall–Kier alpha value is -2.80. The maximum Gasteiger partial charge on any atom is 0.196 e. The maximum absolute atomic E-state index is 5.48. The van der Waals surface area contributed by atoms with E-state index >= 15 is 0 Å². The molecular formula is C21H23N5OS. The van der Waals surface area contributed by atoms with Crippen LogP contribution in [-0.2, 0) is 6.54 Å². The van der Waals surface area contributed by atoms with Gasteiger partial charge < -0.3 is 4.42 Å². The molecule has 0 unspecified atom stereocenters. The van der Waals surface area contributed by atoms with E-state index in [0.29, 0.717) is 0 Å². The zero-order chi connectivity index (χ0) is 19.2. The van der Waals surface area contributed by atoms with Gasteiger partial charge in [0.1, 0.15) is 5.76 Å². The summed E-state index contributed by atoms with van der Waals surface area (Å²) in [6.07, 6.45) is 8.96. The summed E-state index contributed by atoms with van der Waals surface area (Å²) in [7, 11) is 0. The van der Waals surface area contributed by atoms with Crippen molar-refractivity contribution >= 4 is 11.8 Å². The fourth-order valence-corrected chi connectivity index (χ4v) is 4.06. The highest BCUT2D eigenvalue weighted by Crippen LogP contribution is 2.30. The summed E-state index contributed by atoms with van der Waals surface area (Å²) in [4.78, 5) is 0. The molecule has 4 rings (SSSR count). The minimum atomic E-state index is 0.818. The van der Waals surface area contributed by atoms with Crippen LogP contribution in [0.4, 0.5) is 0 Å². The van der Waals surface area contributed by atoms with Crippen LogP contribution in [0.2, 0.25) is 0 Å². The third-order valence-electron chi connectivity index (χ3n) is 4.57. The number of hydrogen-bond donors (Lipinski definition) is 0. The standard InChI is InChI=1S/C21H23N5OS/c1-17-19(11-15-27-17)20-23-24-21(26(20)18-9-4-2-5-10-18)28-16-7-3-6-13-25-14-8-12-22-25/h2,4-5,8-12,14-15H,3,6-7,13,16H2,1H3. The van der Waals surface area contributed by atoms with Crippen molar-refractivity contribution in [3.8, 4) is 17.1 Å². The zero-order valence-electron chi connectivity index (χ0n) is 15.9. The molecule has 0 aliphatic rings. The second kappa shape index (κ2) is 8.93. The highest BCUT2D eigenvalue weighted by molar-refractivity contribution is 7.99. The fourth-order valence-electron chi connectivity index (χ4n) is 3.11. The van der Waals surface area contributed by atoms with Gasteiger partial charge >= 0.3 is 0 Å². The number of thioether (sulfide) groups is 1. The van der Waals surface area contributed by atoms with Crippen molar-refractivity contribution in [2.45, 2.75) is 37.9 Å². The summed E-state index contributed by atoms with van der Waals surface area (Å²) < 4.78 is 9.58. The van der Waals surface area contributed by atoms with Gasteiger partial charge in [-0.05, 0) is 44.0 Å². The zero-order valence-corrected chi connectivity index (χ0v) is 16.7. The Bertz CT molecular complexity index is 991. The lowest BCUT2D eigenvalue weighted by Gasteiger charge is -2.10. The van der Waals surface area contributed by atoms with Crippen LogP contribution < -0.4 is 0 Å². The molecule has 144 valence electrons. The van der Waals surface area contributed by atoms with Gasteiger partial charge in [-0.25, -0.2) is 0 Å². The van der Waals surface area contributed by atoms with Crippen molar-refractivity contribution in [1.29, 1.82) is 0 Å². The van der Waals surface area contributed by atoms with Crippen molar-refractivity contribution in [3.63, 3.8) is 0 Å². The first kappa shape index (κ1) is 18.6. The molecule has 7 heteroatoms. The van der Waals surface area contributed by atoms with Crippen molar-refractivity contribution < 1.29 is 4.42 Å². The number of rotatable bonds is 9. The minimum Gasteiger partial charge on any atom is -0.469 e. The molecule has 1 aromatic carbocycles. The van der Waals surface area contributed by atoms with E-state index in [9.17, 15) is 0 Å². The summed E-state index contributed by atoms with van der Waals surface area (Å²) in [5.41, 5.74) is 2.03. The average molecular weight is 394 g/mol. The molecule has 28 heavy (non-hydrogen) atoms. The highest BCUT2D eigenvalue weighted by atomic mass is 32.2. The molecule has 0 aliphatic carbocycles. The Morgan fingerprint density at radius 1 is 1.00 bits per heavy atom. The maximum atomic E-state index is 5.48. The van der Waals surface area contributed by atoms with Crippen molar-refractivity contribution in [2.75, 3.05) is 5.75 Å². The van der Waals surface area contributed by atoms with E-state index in [-0.39, 0.29) is 0 Å². The summed E-state index contributed by atoms with van der Waals surface area (Å²) in [5, 5.41) is 14.1. The summed E-state index contributed by atoms with van der Waals surface area (Å²) >= 11 is 1.75. The molecule has 6 nitrogen and oxygen atoms in total. The van der Waals surface area contributed by atoms with E-state index in [0.717, 1.165) is 53.1 Å². The molecule has 0 fully saturated rings.